The number of hydrogen-bond donors (Lipinski definition) is 1. The zero-order valence-corrected chi connectivity index (χ0v) is 12.1. The Morgan fingerprint density at radius 1 is 1.10 bits per heavy atom. The van der Waals surface area contributed by atoms with Crippen LogP contribution in [0.4, 0.5) is 23.2 Å². The molecule has 0 fully saturated rings. The minimum Gasteiger partial charge on any atom is -0.406 e. The lowest BCUT2D eigenvalue weighted by Crippen LogP contribution is -2.17. The van der Waals surface area contributed by atoms with E-state index < -0.39 is 12.2 Å². The third-order valence-electron chi connectivity index (χ3n) is 2.58. The van der Waals surface area contributed by atoms with Gasteiger partial charge in [0.15, 0.2) is 0 Å². The summed E-state index contributed by atoms with van der Waals surface area (Å²) in [6, 6.07) is 10.0. The van der Waals surface area contributed by atoms with Crippen molar-refractivity contribution in [3.05, 3.63) is 58.3 Å². The zero-order valence-electron chi connectivity index (χ0n) is 10.5. The molecule has 0 radical (unpaired) electrons. The Hall–Kier alpha value is -1.76. The molecule has 21 heavy (non-hydrogen) atoms. The average Bonchev–Trinajstić information content (AvgIpc) is 2.39. The van der Waals surface area contributed by atoms with Gasteiger partial charge >= 0.3 is 6.36 Å². The first-order valence-electron chi connectivity index (χ1n) is 5.88. The third kappa shape index (κ3) is 4.63. The minimum atomic E-state index is -4.73. The van der Waals surface area contributed by atoms with Crippen molar-refractivity contribution in [1.29, 1.82) is 0 Å². The van der Waals surface area contributed by atoms with Crippen LogP contribution >= 0.6 is 15.9 Å². The molecule has 0 heterocycles. The molecule has 2 rings (SSSR count). The van der Waals surface area contributed by atoms with Crippen molar-refractivity contribution in [1.82, 2.24) is 0 Å². The quantitative estimate of drug-likeness (QED) is 0.763. The summed E-state index contributed by atoms with van der Waals surface area (Å²) in [5, 5.41) is 2.91. The van der Waals surface area contributed by atoms with E-state index in [1.54, 1.807) is 18.2 Å². The fourth-order valence-electron chi connectivity index (χ4n) is 1.69. The summed E-state index contributed by atoms with van der Waals surface area (Å²) < 4.78 is 53.9. The van der Waals surface area contributed by atoms with Crippen LogP contribution in [0.5, 0.6) is 5.75 Å². The van der Waals surface area contributed by atoms with Gasteiger partial charge in [0.1, 0.15) is 11.6 Å². The third-order valence-corrected chi connectivity index (χ3v) is 3.47. The molecule has 0 spiro atoms. The van der Waals surface area contributed by atoms with Crippen molar-refractivity contribution in [2.24, 2.45) is 0 Å². The van der Waals surface area contributed by atoms with E-state index in [1.165, 1.54) is 24.3 Å². The molecule has 0 bridgehead atoms. The molecule has 0 aliphatic heterocycles. The monoisotopic (exact) mass is 363 g/mol. The number of benzene rings is 2. The first-order valence-corrected chi connectivity index (χ1v) is 6.67. The molecule has 2 aromatic rings. The molecule has 2 nitrogen and oxygen atoms in total. The highest BCUT2D eigenvalue weighted by atomic mass is 79.9. The van der Waals surface area contributed by atoms with E-state index in [-0.39, 0.29) is 12.3 Å². The maximum atomic E-state index is 13.3. The second kappa shape index (κ2) is 6.34. The highest BCUT2D eigenvalue weighted by Crippen LogP contribution is 2.26. The lowest BCUT2D eigenvalue weighted by atomic mass is 10.2. The summed E-state index contributed by atoms with van der Waals surface area (Å²) in [5.74, 6) is -0.714. The summed E-state index contributed by atoms with van der Waals surface area (Å²) in [6.07, 6.45) is -4.73. The second-order valence-corrected chi connectivity index (χ2v) is 4.94. The van der Waals surface area contributed by atoms with Gasteiger partial charge in [-0.25, -0.2) is 4.39 Å². The summed E-state index contributed by atoms with van der Waals surface area (Å²) >= 11 is 3.12. The van der Waals surface area contributed by atoms with Crippen molar-refractivity contribution in [2.45, 2.75) is 12.9 Å². The van der Waals surface area contributed by atoms with Crippen LogP contribution in [0.3, 0.4) is 0 Å². The molecular weight excluding hydrogens is 354 g/mol. The molecule has 0 aromatic heterocycles. The molecule has 2 aromatic carbocycles. The van der Waals surface area contributed by atoms with E-state index in [0.29, 0.717) is 15.7 Å². The lowest BCUT2D eigenvalue weighted by Gasteiger charge is -2.12. The molecule has 1 N–H and O–H groups in total. The Morgan fingerprint density at radius 3 is 2.52 bits per heavy atom. The number of rotatable bonds is 4. The van der Waals surface area contributed by atoms with Crippen LogP contribution in [0.15, 0.2) is 46.9 Å². The van der Waals surface area contributed by atoms with Crippen molar-refractivity contribution in [3.63, 3.8) is 0 Å². The van der Waals surface area contributed by atoms with Crippen molar-refractivity contribution in [3.8, 4) is 5.75 Å². The number of halogens is 5. The van der Waals surface area contributed by atoms with Gasteiger partial charge in [0.25, 0.3) is 0 Å². The largest absolute Gasteiger partial charge is 0.573 e. The van der Waals surface area contributed by atoms with Crippen LogP contribution in [0.2, 0.25) is 0 Å². The van der Waals surface area contributed by atoms with E-state index in [1.807, 2.05) is 0 Å². The Balaban J connectivity index is 2.07. The Bertz CT molecular complexity index is 631. The van der Waals surface area contributed by atoms with E-state index in [2.05, 4.69) is 26.0 Å². The van der Waals surface area contributed by atoms with E-state index in [0.717, 1.165) is 0 Å². The van der Waals surface area contributed by atoms with Crippen molar-refractivity contribution < 1.29 is 22.3 Å². The smallest absolute Gasteiger partial charge is 0.406 e. The van der Waals surface area contributed by atoms with Gasteiger partial charge in [0.2, 0.25) is 0 Å². The topological polar surface area (TPSA) is 21.3 Å². The summed E-state index contributed by atoms with van der Waals surface area (Å²) in [6.45, 7) is 0.258. The molecule has 0 aliphatic rings. The molecule has 0 aliphatic carbocycles. The van der Waals surface area contributed by atoms with Gasteiger partial charge in [-0.1, -0.05) is 18.2 Å². The predicted octanol–water partition coefficient (Wildman–Crippen LogP) is 5.10. The highest BCUT2D eigenvalue weighted by Gasteiger charge is 2.31. The maximum Gasteiger partial charge on any atom is 0.573 e. The number of anilines is 1. The predicted molar refractivity (Wildman–Crippen MR) is 74.6 cm³/mol. The molecule has 0 saturated heterocycles. The van der Waals surface area contributed by atoms with Crippen LogP contribution in [0.25, 0.3) is 0 Å². The SMILES string of the molecule is Fc1cccc(CNc2cccc(OC(F)(F)F)c2)c1Br. The molecule has 0 atom stereocenters. The summed E-state index contributed by atoms with van der Waals surface area (Å²) in [4.78, 5) is 0. The zero-order chi connectivity index (χ0) is 15.5. The number of alkyl halides is 3. The fourth-order valence-corrected chi connectivity index (χ4v) is 2.09. The van der Waals surface area contributed by atoms with Gasteiger partial charge in [0, 0.05) is 18.3 Å². The van der Waals surface area contributed by atoms with Gasteiger partial charge < -0.3 is 10.1 Å². The maximum absolute atomic E-state index is 13.3. The normalized spacial score (nSPS) is 11.3. The van der Waals surface area contributed by atoms with Gasteiger partial charge in [-0.15, -0.1) is 13.2 Å². The van der Waals surface area contributed by atoms with E-state index >= 15 is 0 Å². The van der Waals surface area contributed by atoms with Crippen LogP contribution in [-0.2, 0) is 6.54 Å². The van der Waals surface area contributed by atoms with Crippen molar-refractivity contribution >= 4 is 21.6 Å². The van der Waals surface area contributed by atoms with Gasteiger partial charge in [0.05, 0.1) is 4.47 Å². The number of hydrogen-bond acceptors (Lipinski definition) is 2. The second-order valence-electron chi connectivity index (χ2n) is 4.14. The first kappa shape index (κ1) is 15.6. The first-order chi connectivity index (χ1) is 9.85. The summed E-state index contributed by atoms with van der Waals surface area (Å²) in [5.41, 5.74) is 1.09. The highest BCUT2D eigenvalue weighted by molar-refractivity contribution is 9.10. The average molecular weight is 364 g/mol. The van der Waals surface area contributed by atoms with Crippen LogP contribution in [0, 0.1) is 5.82 Å². The Labute approximate surface area is 126 Å². The molecular formula is C14H10BrF4NO. The van der Waals surface area contributed by atoms with Gasteiger partial charge in [-0.3, -0.25) is 0 Å². The number of ether oxygens (including phenoxy) is 1. The molecule has 0 unspecified atom stereocenters. The Kier molecular flexibility index (Phi) is 4.72. The van der Waals surface area contributed by atoms with Crippen LogP contribution in [-0.4, -0.2) is 6.36 Å². The standard InChI is InChI=1S/C14H10BrF4NO/c15-13-9(3-1-6-12(13)16)8-20-10-4-2-5-11(7-10)21-14(17,18)19/h1-7,20H,8H2. The van der Waals surface area contributed by atoms with Gasteiger partial charge in [-0.2, -0.15) is 0 Å². The minimum absolute atomic E-state index is 0.258. The molecule has 7 heteroatoms. The van der Waals surface area contributed by atoms with Crippen LogP contribution in [0.1, 0.15) is 5.56 Å². The molecule has 0 saturated carbocycles. The summed E-state index contributed by atoms with van der Waals surface area (Å²) in [7, 11) is 0. The van der Waals surface area contributed by atoms with E-state index in [9.17, 15) is 17.6 Å². The van der Waals surface area contributed by atoms with Crippen molar-refractivity contribution in [2.75, 3.05) is 5.32 Å². The van der Waals surface area contributed by atoms with E-state index in [4.69, 9.17) is 0 Å². The number of nitrogens with one attached hydrogen (secondary N) is 1. The van der Waals surface area contributed by atoms with Gasteiger partial charge in [-0.05, 0) is 39.7 Å². The van der Waals surface area contributed by atoms with Crippen LogP contribution < -0.4 is 10.1 Å². The Morgan fingerprint density at radius 2 is 1.81 bits per heavy atom. The molecule has 112 valence electrons. The molecule has 0 amide bonds. The lowest BCUT2D eigenvalue weighted by molar-refractivity contribution is -0.274. The fraction of sp³-hybridized carbons (Fsp3) is 0.143.